The summed E-state index contributed by atoms with van der Waals surface area (Å²) in [6.45, 7) is 0. The van der Waals surface area contributed by atoms with Crippen LogP contribution < -0.4 is 11.1 Å². The van der Waals surface area contributed by atoms with Crippen LogP contribution >= 0.6 is 0 Å². The lowest BCUT2D eigenvalue weighted by atomic mass is 9.88. The lowest BCUT2D eigenvalue weighted by Crippen LogP contribution is -2.51. The highest BCUT2D eigenvalue weighted by atomic mass is 19.3. The van der Waals surface area contributed by atoms with Crippen molar-refractivity contribution in [2.75, 3.05) is 0 Å². The van der Waals surface area contributed by atoms with Crippen molar-refractivity contribution in [3.8, 4) is 0 Å². The molecule has 1 rings (SSSR count). The van der Waals surface area contributed by atoms with Gasteiger partial charge >= 0.3 is 6.43 Å². The monoisotopic (exact) mass is 164 g/mol. The maximum Gasteiger partial charge on any atom is 0.315 e. The first kappa shape index (κ1) is 8.39. The van der Waals surface area contributed by atoms with E-state index < -0.39 is 12.3 Å². The average molecular weight is 164 g/mol. The maximum absolute atomic E-state index is 11.6. The zero-order valence-corrected chi connectivity index (χ0v) is 5.89. The summed E-state index contributed by atoms with van der Waals surface area (Å²) in [6, 6.07) is -0.0653. The molecule has 1 saturated carbocycles. The van der Waals surface area contributed by atoms with E-state index in [0.717, 1.165) is 0 Å². The third-order valence-electron chi connectivity index (χ3n) is 1.72. The molecule has 1 fully saturated rings. The lowest BCUT2D eigenvalue weighted by molar-refractivity contribution is -0.133. The number of carbonyl (C=O) groups is 1. The van der Waals surface area contributed by atoms with Gasteiger partial charge in [0.05, 0.1) is 0 Å². The Hall–Kier alpha value is -0.710. The van der Waals surface area contributed by atoms with E-state index in [1.54, 1.807) is 0 Å². The standard InChI is InChI=1S/C6H10F2N2O/c7-5(8)6(11)10-4-1-3(9)2-4/h3-5H,1-2,9H2,(H,10,11). The number of nitrogens with two attached hydrogens (primary N) is 1. The summed E-state index contributed by atoms with van der Waals surface area (Å²) in [6.07, 6.45) is -1.69. The van der Waals surface area contributed by atoms with E-state index in [4.69, 9.17) is 5.73 Å². The van der Waals surface area contributed by atoms with Gasteiger partial charge in [0.1, 0.15) is 0 Å². The Bertz CT molecular complexity index is 157. The lowest BCUT2D eigenvalue weighted by Gasteiger charge is -2.32. The number of rotatable bonds is 2. The zero-order chi connectivity index (χ0) is 8.43. The summed E-state index contributed by atoms with van der Waals surface area (Å²) in [5.41, 5.74) is 5.38. The molecular weight excluding hydrogens is 154 g/mol. The number of halogens is 2. The second kappa shape index (κ2) is 3.13. The first-order valence-electron chi connectivity index (χ1n) is 3.43. The van der Waals surface area contributed by atoms with Gasteiger partial charge in [-0.3, -0.25) is 4.79 Å². The number of amides is 1. The fourth-order valence-electron chi connectivity index (χ4n) is 1.04. The van der Waals surface area contributed by atoms with Gasteiger partial charge in [0.25, 0.3) is 5.91 Å². The molecule has 0 atom stereocenters. The Morgan fingerprint density at radius 2 is 2.09 bits per heavy atom. The first-order chi connectivity index (χ1) is 5.09. The molecule has 0 saturated heterocycles. The van der Waals surface area contributed by atoms with Crippen molar-refractivity contribution in [2.45, 2.75) is 31.4 Å². The third kappa shape index (κ3) is 2.11. The molecule has 3 N–H and O–H groups in total. The normalized spacial score (nSPS) is 29.8. The molecule has 0 aromatic heterocycles. The van der Waals surface area contributed by atoms with Crippen LogP contribution in [0.15, 0.2) is 0 Å². The summed E-state index contributed by atoms with van der Waals surface area (Å²) in [7, 11) is 0. The maximum atomic E-state index is 11.6. The van der Waals surface area contributed by atoms with Gasteiger partial charge in [0.2, 0.25) is 0 Å². The molecule has 1 amide bonds. The summed E-state index contributed by atoms with van der Waals surface area (Å²) in [5, 5.41) is 2.18. The van der Waals surface area contributed by atoms with E-state index >= 15 is 0 Å². The topological polar surface area (TPSA) is 55.1 Å². The molecular formula is C6H10F2N2O. The summed E-state index contributed by atoms with van der Waals surface area (Å²) in [5.74, 6) is -1.19. The minimum Gasteiger partial charge on any atom is -0.348 e. The number of hydrogen-bond donors (Lipinski definition) is 2. The van der Waals surface area contributed by atoms with Gasteiger partial charge in [-0.1, -0.05) is 0 Å². The highest BCUT2D eigenvalue weighted by molar-refractivity contribution is 5.79. The van der Waals surface area contributed by atoms with Gasteiger partial charge in [0.15, 0.2) is 0 Å². The Balaban J connectivity index is 2.17. The van der Waals surface area contributed by atoms with E-state index in [0.29, 0.717) is 12.8 Å². The van der Waals surface area contributed by atoms with Crippen LogP contribution in [-0.4, -0.2) is 24.4 Å². The molecule has 5 heteroatoms. The van der Waals surface area contributed by atoms with Gasteiger partial charge in [-0.05, 0) is 12.8 Å². The smallest absolute Gasteiger partial charge is 0.315 e. The van der Waals surface area contributed by atoms with Crippen LogP contribution in [0, 0.1) is 0 Å². The third-order valence-corrected chi connectivity index (χ3v) is 1.72. The highest BCUT2D eigenvalue weighted by Gasteiger charge is 2.29. The van der Waals surface area contributed by atoms with E-state index in [1.807, 2.05) is 0 Å². The number of nitrogens with one attached hydrogen (secondary N) is 1. The van der Waals surface area contributed by atoms with Crippen molar-refractivity contribution in [3.63, 3.8) is 0 Å². The molecule has 1 aliphatic carbocycles. The van der Waals surface area contributed by atoms with Gasteiger partial charge in [-0.25, -0.2) is 0 Å². The molecule has 0 heterocycles. The van der Waals surface area contributed by atoms with Gasteiger partial charge in [-0.2, -0.15) is 8.78 Å². The molecule has 0 radical (unpaired) electrons. The van der Waals surface area contributed by atoms with Crippen LogP contribution in [0.3, 0.4) is 0 Å². The van der Waals surface area contributed by atoms with Crippen molar-refractivity contribution in [3.05, 3.63) is 0 Å². The number of carbonyl (C=O) groups excluding carboxylic acids is 1. The molecule has 0 bridgehead atoms. The van der Waals surface area contributed by atoms with E-state index in [1.165, 1.54) is 0 Å². The number of alkyl halides is 2. The second-order valence-corrected chi connectivity index (χ2v) is 2.74. The van der Waals surface area contributed by atoms with E-state index in [9.17, 15) is 13.6 Å². The fourth-order valence-corrected chi connectivity index (χ4v) is 1.04. The predicted octanol–water partition coefficient (Wildman–Crippen LogP) is -0.143. The highest BCUT2D eigenvalue weighted by Crippen LogP contribution is 2.17. The fraction of sp³-hybridized carbons (Fsp3) is 0.833. The molecule has 0 aromatic carbocycles. The minimum atomic E-state index is -2.91. The predicted molar refractivity (Wildman–Crippen MR) is 35.1 cm³/mol. The first-order valence-corrected chi connectivity index (χ1v) is 3.43. The SMILES string of the molecule is NC1CC(NC(=O)C(F)F)C1. The Morgan fingerprint density at radius 1 is 1.55 bits per heavy atom. The second-order valence-electron chi connectivity index (χ2n) is 2.74. The van der Waals surface area contributed by atoms with Gasteiger partial charge in [-0.15, -0.1) is 0 Å². The van der Waals surface area contributed by atoms with Crippen LogP contribution in [0.1, 0.15) is 12.8 Å². The molecule has 0 aliphatic heterocycles. The Kier molecular flexibility index (Phi) is 2.38. The molecule has 64 valence electrons. The van der Waals surface area contributed by atoms with Crippen LogP contribution in [-0.2, 0) is 4.79 Å². The van der Waals surface area contributed by atoms with Crippen LogP contribution in [0.2, 0.25) is 0 Å². The summed E-state index contributed by atoms with van der Waals surface area (Å²) in [4.78, 5) is 10.4. The van der Waals surface area contributed by atoms with Gasteiger partial charge in [0, 0.05) is 12.1 Å². The minimum absolute atomic E-state index is 0.0676. The average Bonchev–Trinajstić information content (AvgIpc) is 1.84. The molecule has 11 heavy (non-hydrogen) atoms. The van der Waals surface area contributed by atoms with Gasteiger partial charge < -0.3 is 11.1 Å². The zero-order valence-electron chi connectivity index (χ0n) is 5.89. The summed E-state index contributed by atoms with van der Waals surface area (Å²) < 4.78 is 23.2. The largest absolute Gasteiger partial charge is 0.348 e. The van der Waals surface area contributed by atoms with Crippen LogP contribution in [0.4, 0.5) is 8.78 Å². The molecule has 0 aromatic rings. The molecule has 3 nitrogen and oxygen atoms in total. The van der Waals surface area contributed by atoms with Crippen molar-refractivity contribution in [1.29, 1.82) is 0 Å². The Labute approximate surface area is 62.9 Å². The summed E-state index contributed by atoms with van der Waals surface area (Å²) >= 11 is 0. The van der Waals surface area contributed by atoms with Crippen molar-refractivity contribution in [2.24, 2.45) is 5.73 Å². The van der Waals surface area contributed by atoms with Crippen molar-refractivity contribution in [1.82, 2.24) is 5.32 Å². The molecule has 1 aliphatic rings. The van der Waals surface area contributed by atoms with Crippen molar-refractivity contribution >= 4 is 5.91 Å². The molecule has 0 spiro atoms. The van der Waals surface area contributed by atoms with Crippen LogP contribution in [0.5, 0.6) is 0 Å². The van der Waals surface area contributed by atoms with Crippen molar-refractivity contribution < 1.29 is 13.6 Å². The quantitative estimate of drug-likeness (QED) is 0.596. The van der Waals surface area contributed by atoms with E-state index in [2.05, 4.69) is 5.32 Å². The molecule has 0 unspecified atom stereocenters. The van der Waals surface area contributed by atoms with Crippen LogP contribution in [0.25, 0.3) is 0 Å². The number of hydrogen-bond acceptors (Lipinski definition) is 2. The van der Waals surface area contributed by atoms with E-state index in [-0.39, 0.29) is 12.1 Å². The Morgan fingerprint density at radius 3 is 2.45 bits per heavy atom.